The van der Waals surface area contributed by atoms with Crippen molar-refractivity contribution in [3.63, 3.8) is 0 Å². The van der Waals surface area contributed by atoms with E-state index in [0.717, 1.165) is 0 Å². The summed E-state index contributed by atoms with van der Waals surface area (Å²) in [7, 11) is 0. The number of rotatable bonds is 3. The molecule has 8 atom stereocenters. The van der Waals surface area contributed by atoms with E-state index in [4.69, 9.17) is 4.74 Å². The summed E-state index contributed by atoms with van der Waals surface area (Å²) in [6, 6.07) is 0. The molecule has 3 fully saturated rings. The zero-order chi connectivity index (χ0) is 22.1. The van der Waals surface area contributed by atoms with Crippen molar-refractivity contribution in [2.45, 2.75) is 64.3 Å². The number of allylic oxidation sites excluding steroid dienone is 4. The number of ketones is 2. The highest BCUT2D eigenvalue weighted by Crippen LogP contribution is 2.67. The number of aliphatic hydroxyl groups excluding tert-OH is 1. The number of alkyl halides is 1. The Morgan fingerprint density at radius 2 is 2.03 bits per heavy atom. The second-order valence-corrected chi connectivity index (χ2v) is 9.91. The first-order valence-electron chi connectivity index (χ1n) is 10.6. The van der Waals surface area contributed by atoms with Crippen molar-refractivity contribution in [1.82, 2.24) is 0 Å². The largest absolute Gasteiger partial charge is 0.458 e. The molecule has 0 bridgehead atoms. The number of halogens is 1. The Morgan fingerprint density at radius 1 is 1.33 bits per heavy atom. The molecule has 0 aromatic carbocycles. The van der Waals surface area contributed by atoms with E-state index in [2.05, 4.69) is 0 Å². The van der Waals surface area contributed by atoms with Crippen LogP contribution in [0.3, 0.4) is 0 Å². The molecule has 3 saturated carbocycles. The minimum absolute atomic E-state index is 0.152. The molecule has 0 spiro atoms. The van der Waals surface area contributed by atoms with Crippen LogP contribution in [0.2, 0.25) is 0 Å². The van der Waals surface area contributed by atoms with Crippen molar-refractivity contribution in [3.05, 3.63) is 23.8 Å². The minimum Gasteiger partial charge on any atom is -0.458 e. The minimum atomic E-state index is -1.74. The summed E-state index contributed by atoms with van der Waals surface area (Å²) in [6.45, 7) is 4.34. The first-order valence-corrected chi connectivity index (χ1v) is 10.6. The number of hydrogen-bond acceptors (Lipinski definition) is 6. The van der Waals surface area contributed by atoms with Crippen molar-refractivity contribution in [1.29, 1.82) is 0 Å². The van der Waals surface area contributed by atoms with Crippen LogP contribution in [0.1, 0.15) is 46.5 Å². The molecule has 0 unspecified atom stereocenters. The monoisotopic (exact) mass is 420 g/mol. The number of aliphatic hydroxyl groups is 2. The van der Waals surface area contributed by atoms with Crippen molar-refractivity contribution < 1.29 is 33.7 Å². The summed E-state index contributed by atoms with van der Waals surface area (Å²) in [4.78, 5) is 35.8. The van der Waals surface area contributed by atoms with Gasteiger partial charge in [0, 0.05) is 23.7 Å². The maximum atomic E-state index is 15.3. The summed E-state index contributed by atoms with van der Waals surface area (Å²) < 4.78 is 20.1. The van der Waals surface area contributed by atoms with E-state index in [9.17, 15) is 24.6 Å². The molecule has 30 heavy (non-hydrogen) atoms. The topological polar surface area (TPSA) is 101 Å². The molecule has 4 rings (SSSR count). The van der Waals surface area contributed by atoms with E-state index in [0.29, 0.717) is 12.0 Å². The molecule has 2 N–H and O–H groups in total. The average Bonchev–Trinajstić information content (AvgIpc) is 2.93. The molecule has 164 valence electrons. The van der Waals surface area contributed by atoms with Crippen LogP contribution in [-0.2, 0) is 19.1 Å². The highest BCUT2D eigenvalue weighted by molar-refractivity contribution is 6.01. The lowest BCUT2D eigenvalue weighted by molar-refractivity contribution is -0.183. The molecule has 0 saturated heterocycles. The number of Topliss-reactive ketones (excluding diaryl/α,β-unsaturated/α-hetero) is 1. The Labute approximate surface area is 175 Å². The number of carbonyl (C=O) groups excluding carboxylic acids is 3. The molecular weight excluding hydrogens is 391 g/mol. The molecule has 0 amide bonds. The molecule has 0 aromatic rings. The summed E-state index contributed by atoms with van der Waals surface area (Å²) in [5.74, 6) is -2.14. The van der Waals surface area contributed by atoms with Crippen molar-refractivity contribution in [2.75, 3.05) is 6.61 Å². The predicted octanol–water partition coefficient (Wildman–Crippen LogP) is 2.08. The van der Waals surface area contributed by atoms with Crippen LogP contribution in [0, 0.1) is 28.6 Å². The van der Waals surface area contributed by atoms with E-state index in [1.165, 1.54) is 19.1 Å². The van der Waals surface area contributed by atoms with Gasteiger partial charge >= 0.3 is 5.97 Å². The highest BCUT2D eigenvalue weighted by Gasteiger charge is 2.69. The van der Waals surface area contributed by atoms with Gasteiger partial charge in [-0.3, -0.25) is 14.4 Å². The van der Waals surface area contributed by atoms with Crippen LogP contribution in [0.15, 0.2) is 23.8 Å². The van der Waals surface area contributed by atoms with E-state index in [-0.39, 0.29) is 42.8 Å². The first-order chi connectivity index (χ1) is 13.9. The third-order valence-corrected chi connectivity index (χ3v) is 8.50. The van der Waals surface area contributed by atoms with Gasteiger partial charge < -0.3 is 14.9 Å². The molecule has 0 aliphatic heterocycles. The van der Waals surface area contributed by atoms with Crippen LogP contribution < -0.4 is 0 Å². The Morgan fingerprint density at radius 3 is 2.70 bits per heavy atom. The molecular formula is C23H29FO6. The van der Waals surface area contributed by atoms with Gasteiger partial charge in [0.2, 0.25) is 5.78 Å². The standard InChI is InChI=1S/C23H29FO6/c1-12(25)30-11-19(28)23(29)7-5-15-14-9-17(24)16-8-13(26)4-6-21(16,2)20(14)18(27)10-22(15,23)3/h4,6,8,14-15,17-18,20,27,29H,5,7,9-11H2,1-3H3/t14-,15-,17-,18-,20+,21-,22-,23-/m0/s1. The molecule has 6 nitrogen and oxygen atoms in total. The van der Waals surface area contributed by atoms with Crippen molar-refractivity contribution in [2.24, 2.45) is 28.6 Å². The van der Waals surface area contributed by atoms with E-state index in [1.807, 2.05) is 6.92 Å². The number of esters is 1. The van der Waals surface area contributed by atoms with Gasteiger partial charge in [0.1, 0.15) is 11.8 Å². The molecule has 0 aromatic heterocycles. The zero-order valence-corrected chi connectivity index (χ0v) is 17.6. The zero-order valence-electron chi connectivity index (χ0n) is 17.6. The van der Waals surface area contributed by atoms with E-state index < -0.39 is 47.1 Å². The van der Waals surface area contributed by atoms with Gasteiger partial charge in [-0.1, -0.05) is 19.9 Å². The summed E-state index contributed by atoms with van der Waals surface area (Å²) in [5, 5.41) is 22.6. The maximum absolute atomic E-state index is 15.3. The first kappa shape index (κ1) is 21.4. The molecule has 4 aliphatic carbocycles. The Hall–Kier alpha value is -1.86. The van der Waals surface area contributed by atoms with Gasteiger partial charge in [0.05, 0.1) is 6.10 Å². The van der Waals surface area contributed by atoms with Gasteiger partial charge in [-0.15, -0.1) is 0 Å². The maximum Gasteiger partial charge on any atom is 0.303 e. The van der Waals surface area contributed by atoms with Gasteiger partial charge in [-0.2, -0.15) is 0 Å². The smallest absolute Gasteiger partial charge is 0.303 e. The SMILES string of the molecule is CC(=O)OCC(=O)[C@@]1(O)CC[C@H]2[C@@H]3C[C@H](F)C4=CC(=O)C=C[C@]4(C)[C@H]3[C@@H](O)C[C@@]21C. The van der Waals surface area contributed by atoms with Crippen molar-refractivity contribution in [3.8, 4) is 0 Å². The van der Waals surface area contributed by atoms with Crippen molar-refractivity contribution >= 4 is 17.5 Å². The molecule has 7 heteroatoms. The van der Waals surface area contributed by atoms with Crippen LogP contribution in [0.4, 0.5) is 4.39 Å². The van der Waals surface area contributed by atoms with Gasteiger partial charge in [0.25, 0.3) is 0 Å². The fourth-order valence-electron chi connectivity index (χ4n) is 7.08. The Kier molecular flexibility index (Phi) is 4.86. The van der Waals surface area contributed by atoms with Crippen LogP contribution in [0.25, 0.3) is 0 Å². The van der Waals surface area contributed by atoms with Gasteiger partial charge in [-0.05, 0) is 55.2 Å². The average molecular weight is 420 g/mol. The lowest BCUT2D eigenvalue weighted by Gasteiger charge is -2.60. The number of hydrogen-bond donors (Lipinski definition) is 2. The van der Waals surface area contributed by atoms with E-state index in [1.54, 1.807) is 13.0 Å². The lowest BCUT2D eigenvalue weighted by Crippen LogP contribution is -2.62. The second-order valence-electron chi connectivity index (χ2n) is 9.91. The predicted molar refractivity (Wildman–Crippen MR) is 105 cm³/mol. The summed E-state index contributed by atoms with van der Waals surface area (Å²) >= 11 is 0. The van der Waals surface area contributed by atoms with Crippen LogP contribution in [-0.4, -0.2) is 52.2 Å². The normalized spacial score (nSPS) is 47.1. The Bertz CT molecular complexity index is 864. The van der Waals surface area contributed by atoms with E-state index >= 15 is 4.39 Å². The third kappa shape index (κ3) is 2.78. The third-order valence-electron chi connectivity index (χ3n) is 8.50. The molecule has 0 heterocycles. The van der Waals surface area contributed by atoms with Gasteiger partial charge in [-0.25, -0.2) is 4.39 Å². The molecule has 0 radical (unpaired) electrons. The number of carbonyl (C=O) groups is 3. The fourth-order valence-corrected chi connectivity index (χ4v) is 7.08. The number of fused-ring (bicyclic) bond motifs is 5. The summed E-state index contributed by atoms with van der Waals surface area (Å²) in [5.41, 5.74) is -3.05. The molecule has 4 aliphatic rings. The fraction of sp³-hybridized carbons (Fsp3) is 0.696. The second kappa shape index (κ2) is 6.82. The van der Waals surface area contributed by atoms with Crippen LogP contribution in [0.5, 0.6) is 0 Å². The van der Waals surface area contributed by atoms with Gasteiger partial charge in [0.15, 0.2) is 12.4 Å². The number of ether oxygens (including phenoxy) is 1. The summed E-state index contributed by atoms with van der Waals surface area (Å²) in [6.07, 6.45) is 3.37. The highest BCUT2D eigenvalue weighted by atomic mass is 19.1. The van der Waals surface area contributed by atoms with Crippen LogP contribution >= 0.6 is 0 Å². The lowest BCUT2D eigenvalue weighted by atomic mass is 9.46. The quantitative estimate of drug-likeness (QED) is 0.678. The Balaban J connectivity index is 1.70.